The third kappa shape index (κ3) is 4.27. The minimum absolute atomic E-state index is 0.0603. The molecule has 0 saturated carbocycles. The number of nitrogens with one attached hydrogen (secondary N) is 1. The Morgan fingerprint density at radius 3 is 3.00 bits per heavy atom. The summed E-state index contributed by atoms with van der Waals surface area (Å²) in [5.41, 5.74) is 0. The fourth-order valence-corrected chi connectivity index (χ4v) is 1.70. The SMILES string of the molecule is CCOC(=O)CCC1CCCCN1. The molecule has 1 unspecified atom stereocenters. The van der Waals surface area contributed by atoms with E-state index < -0.39 is 0 Å². The van der Waals surface area contributed by atoms with Gasteiger partial charge in [-0.25, -0.2) is 0 Å². The lowest BCUT2D eigenvalue weighted by Crippen LogP contribution is -2.34. The van der Waals surface area contributed by atoms with Crippen LogP contribution in [-0.2, 0) is 9.53 Å². The van der Waals surface area contributed by atoms with Gasteiger partial charge < -0.3 is 10.1 Å². The van der Waals surface area contributed by atoms with E-state index in [9.17, 15) is 4.79 Å². The van der Waals surface area contributed by atoms with Gasteiger partial charge in [0.05, 0.1) is 6.61 Å². The van der Waals surface area contributed by atoms with Crippen molar-refractivity contribution in [3.63, 3.8) is 0 Å². The number of esters is 1. The highest BCUT2D eigenvalue weighted by molar-refractivity contribution is 5.69. The fourth-order valence-electron chi connectivity index (χ4n) is 1.70. The third-order valence-electron chi connectivity index (χ3n) is 2.41. The summed E-state index contributed by atoms with van der Waals surface area (Å²) in [5, 5.41) is 3.41. The molecule has 1 saturated heterocycles. The number of ether oxygens (including phenoxy) is 1. The Balaban J connectivity index is 2.06. The maximum atomic E-state index is 11.0. The summed E-state index contributed by atoms with van der Waals surface area (Å²) in [5.74, 6) is -0.0603. The van der Waals surface area contributed by atoms with E-state index in [1.54, 1.807) is 0 Å². The summed E-state index contributed by atoms with van der Waals surface area (Å²) in [4.78, 5) is 11.0. The molecule has 1 heterocycles. The Morgan fingerprint density at radius 1 is 1.54 bits per heavy atom. The number of hydrogen-bond donors (Lipinski definition) is 1. The van der Waals surface area contributed by atoms with Gasteiger partial charge in [0.15, 0.2) is 0 Å². The Kier molecular flexibility index (Phi) is 4.83. The van der Waals surface area contributed by atoms with Gasteiger partial charge in [0.25, 0.3) is 0 Å². The van der Waals surface area contributed by atoms with Crippen LogP contribution >= 0.6 is 0 Å². The maximum absolute atomic E-state index is 11.0. The van der Waals surface area contributed by atoms with Crippen LogP contribution < -0.4 is 5.32 Å². The largest absolute Gasteiger partial charge is 0.466 e. The molecule has 0 radical (unpaired) electrons. The average Bonchev–Trinajstić information content (AvgIpc) is 2.17. The lowest BCUT2D eigenvalue weighted by molar-refractivity contribution is -0.143. The molecule has 1 rings (SSSR count). The minimum atomic E-state index is -0.0603. The molecular formula is C10H19NO2. The monoisotopic (exact) mass is 185 g/mol. The quantitative estimate of drug-likeness (QED) is 0.674. The lowest BCUT2D eigenvalue weighted by atomic mass is 10.0. The van der Waals surface area contributed by atoms with Crippen molar-refractivity contribution in [3.8, 4) is 0 Å². The van der Waals surface area contributed by atoms with Gasteiger partial charge in [-0.15, -0.1) is 0 Å². The molecule has 76 valence electrons. The first-order valence-corrected chi connectivity index (χ1v) is 5.22. The second-order valence-corrected chi connectivity index (χ2v) is 3.49. The van der Waals surface area contributed by atoms with E-state index in [0.29, 0.717) is 19.1 Å². The van der Waals surface area contributed by atoms with E-state index in [4.69, 9.17) is 4.74 Å². The molecule has 1 aliphatic heterocycles. The number of carbonyl (C=O) groups excluding carboxylic acids is 1. The molecule has 0 aromatic rings. The van der Waals surface area contributed by atoms with E-state index in [2.05, 4.69) is 5.32 Å². The summed E-state index contributed by atoms with van der Waals surface area (Å²) in [6.07, 6.45) is 5.26. The first-order valence-electron chi connectivity index (χ1n) is 5.22. The second kappa shape index (κ2) is 5.97. The summed E-state index contributed by atoms with van der Waals surface area (Å²) < 4.78 is 4.87. The van der Waals surface area contributed by atoms with Gasteiger partial charge in [-0.1, -0.05) is 6.42 Å². The van der Waals surface area contributed by atoms with Gasteiger partial charge >= 0.3 is 5.97 Å². The normalized spacial score (nSPS) is 22.7. The summed E-state index contributed by atoms with van der Waals surface area (Å²) >= 11 is 0. The molecule has 1 N–H and O–H groups in total. The van der Waals surface area contributed by atoms with Crippen molar-refractivity contribution in [1.29, 1.82) is 0 Å². The zero-order chi connectivity index (χ0) is 9.52. The molecule has 13 heavy (non-hydrogen) atoms. The standard InChI is InChI=1S/C10H19NO2/c1-2-13-10(12)7-6-9-5-3-4-8-11-9/h9,11H,2-8H2,1H3. The van der Waals surface area contributed by atoms with Crippen molar-refractivity contribution >= 4 is 5.97 Å². The predicted molar refractivity (Wildman–Crippen MR) is 51.5 cm³/mol. The van der Waals surface area contributed by atoms with Crippen LogP contribution in [0.2, 0.25) is 0 Å². The zero-order valence-corrected chi connectivity index (χ0v) is 8.34. The zero-order valence-electron chi connectivity index (χ0n) is 8.34. The summed E-state index contributed by atoms with van der Waals surface area (Å²) in [6.45, 7) is 3.45. The minimum Gasteiger partial charge on any atom is -0.466 e. The highest BCUT2D eigenvalue weighted by Gasteiger charge is 2.13. The molecule has 1 aliphatic rings. The number of piperidine rings is 1. The first-order chi connectivity index (χ1) is 6.33. The maximum Gasteiger partial charge on any atom is 0.305 e. The van der Waals surface area contributed by atoms with Crippen molar-refractivity contribution in [3.05, 3.63) is 0 Å². The van der Waals surface area contributed by atoms with Crippen molar-refractivity contribution in [1.82, 2.24) is 5.32 Å². The molecule has 0 aromatic carbocycles. The van der Waals surface area contributed by atoms with Crippen LogP contribution in [0, 0.1) is 0 Å². The summed E-state index contributed by atoms with van der Waals surface area (Å²) in [7, 11) is 0. The summed E-state index contributed by atoms with van der Waals surface area (Å²) in [6, 6.07) is 0.540. The van der Waals surface area contributed by atoms with Gasteiger partial charge in [0.2, 0.25) is 0 Å². The smallest absolute Gasteiger partial charge is 0.305 e. The Hall–Kier alpha value is -0.570. The Labute approximate surface area is 79.8 Å². The molecule has 1 fully saturated rings. The number of carbonyl (C=O) groups is 1. The van der Waals surface area contributed by atoms with E-state index >= 15 is 0 Å². The van der Waals surface area contributed by atoms with Crippen LogP contribution in [-0.4, -0.2) is 25.2 Å². The molecule has 0 bridgehead atoms. The molecule has 0 amide bonds. The van der Waals surface area contributed by atoms with Gasteiger partial charge in [0.1, 0.15) is 0 Å². The molecule has 0 aromatic heterocycles. The molecular weight excluding hydrogens is 166 g/mol. The van der Waals surface area contributed by atoms with Crippen LogP contribution in [0.25, 0.3) is 0 Å². The van der Waals surface area contributed by atoms with Gasteiger partial charge in [-0.3, -0.25) is 4.79 Å². The van der Waals surface area contributed by atoms with Crippen molar-refractivity contribution in [2.24, 2.45) is 0 Å². The van der Waals surface area contributed by atoms with E-state index in [1.807, 2.05) is 6.92 Å². The third-order valence-corrected chi connectivity index (χ3v) is 2.41. The van der Waals surface area contributed by atoms with Gasteiger partial charge in [-0.05, 0) is 32.7 Å². The van der Waals surface area contributed by atoms with Crippen molar-refractivity contribution < 1.29 is 9.53 Å². The highest BCUT2D eigenvalue weighted by Crippen LogP contribution is 2.11. The first kappa shape index (κ1) is 10.5. The van der Waals surface area contributed by atoms with Crippen molar-refractivity contribution in [2.45, 2.75) is 45.1 Å². The van der Waals surface area contributed by atoms with E-state index in [1.165, 1.54) is 19.3 Å². The average molecular weight is 185 g/mol. The Bertz CT molecular complexity index is 153. The molecule has 1 atom stereocenters. The number of hydrogen-bond acceptors (Lipinski definition) is 3. The predicted octanol–water partition coefficient (Wildman–Crippen LogP) is 1.47. The van der Waals surface area contributed by atoms with Crippen LogP contribution in [0.15, 0.2) is 0 Å². The van der Waals surface area contributed by atoms with Crippen LogP contribution in [0.5, 0.6) is 0 Å². The van der Waals surface area contributed by atoms with Gasteiger partial charge in [-0.2, -0.15) is 0 Å². The van der Waals surface area contributed by atoms with E-state index in [0.717, 1.165) is 13.0 Å². The molecule has 0 spiro atoms. The van der Waals surface area contributed by atoms with Crippen LogP contribution in [0.4, 0.5) is 0 Å². The molecule has 3 heteroatoms. The Morgan fingerprint density at radius 2 is 2.38 bits per heavy atom. The number of rotatable bonds is 4. The van der Waals surface area contributed by atoms with Crippen LogP contribution in [0.3, 0.4) is 0 Å². The highest BCUT2D eigenvalue weighted by atomic mass is 16.5. The van der Waals surface area contributed by atoms with Crippen LogP contribution in [0.1, 0.15) is 39.0 Å². The molecule has 3 nitrogen and oxygen atoms in total. The fraction of sp³-hybridized carbons (Fsp3) is 0.900. The topological polar surface area (TPSA) is 38.3 Å². The lowest BCUT2D eigenvalue weighted by Gasteiger charge is -2.22. The van der Waals surface area contributed by atoms with E-state index in [-0.39, 0.29) is 5.97 Å². The second-order valence-electron chi connectivity index (χ2n) is 3.49. The van der Waals surface area contributed by atoms with Gasteiger partial charge in [0, 0.05) is 12.5 Å². The molecule has 0 aliphatic carbocycles. The van der Waals surface area contributed by atoms with Crippen molar-refractivity contribution in [2.75, 3.05) is 13.2 Å².